The number of amides is 2. The quantitative estimate of drug-likeness (QED) is 0.531. The Hall–Kier alpha value is -3.54. The fourth-order valence-electron chi connectivity index (χ4n) is 3.57. The molecule has 182 valence electrons. The molecule has 1 saturated heterocycles. The zero-order valence-corrected chi connectivity index (χ0v) is 20.1. The molecule has 0 atom stereocenters. The Morgan fingerprint density at radius 2 is 1.82 bits per heavy atom. The Bertz CT molecular complexity index is 1050. The van der Waals surface area contributed by atoms with E-state index in [2.05, 4.69) is 20.6 Å². The van der Waals surface area contributed by atoms with Gasteiger partial charge in [0.15, 0.2) is 6.61 Å². The molecule has 12 heteroatoms. The summed E-state index contributed by atoms with van der Waals surface area (Å²) in [5.74, 6) is -1.80. The van der Waals surface area contributed by atoms with Crippen LogP contribution in [0, 0.1) is 12.8 Å². The van der Waals surface area contributed by atoms with Gasteiger partial charge in [-0.25, -0.2) is 14.8 Å². The van der Waals surface area contributed by atoms with Gasteiger partial charge in [-0.3, -0.25) is 14.4 Å². The number of hydrogen-bond acceptors (Lipinski definition) is 10. The van der Waals surface area contributed by atoms with Crippen LogP contribution in [0.15, 0.2) is 18.5 Å². The Balaban J connectivity index is 1.57. The lowest BCUT2D eigenvalue weighted by molar-refractivity contribution is -0.152. The molecular weight excluding hydrogens is 462 g/mol. The Labute approximate surface area is 200 Å². The molecule has 3 heterocycles. The Morgan fingerprint density at radius 1 is 1.15 bits per heavy atom. The molecule has 2 amide bonds. The SMILES string of the molecule is CCOC(=O)c1c(NC(=O)COC(=O)C2CCN(c3ncccn3)CC2)sc(C(=O)NC)c1C. The van der Waals surface area contributed by atoms with Crippen LogP contribution in [-0.4, -0.2) is 67.1 Å². The van der Waals surface area contributed by atoms with Crippen LogP contribution in [0.2, 0.25) is 0 Å². The number of esters is 2. The summed E-state index contributed by atoms with van der Waals surface area (Å²) in [6.45, 7) is 4.12. The second kappa shape index (κ2) is 11.5. The average molecular weight is 490 g/mol. The fraction of sp³-hybridized carbons (Fsp3) is 0.455. The molecule has 0 aliphatic carbocycles. The number of thiophene rings is 1. The number of carbonyl (C=O) groups is 4. The van der Waals surface area contributed by atoms with Crippen molar-refractivity contribution < 1.29 is 28.7 Å². The predicted molar refractivity (Wildman–Crippen MR) is 125 cm³/mol. The van der Waals surface area contributed by atoms with Crippen LogP contribution < -0.4 is 15.5 Å². The summed E-state index contributed by atoms with van der Waals surface area (Å²) < 4.78 is 10.3. The number of piperidine rings is 1. The third kappa shape index (κ3) is 5.87. The second-order valence-corrected chi connectivity index (χ2v) is 8.55. The third-order valence-electron chi connectivity index (χ3n) is 5.32. The van der Waals surface area contributed by atoms with Gasteiger partial charge in [0.1, 0.15) is 5.00 Å². The van der Waals surface area contributed by atoms with Crippen LogP contribution in [0.4, 0.5) is 10.9 Å². The van der Waals surface area contributed by atoms with Crippen LogP contribution in [0.25, 0.3) is 0 Å². The van der Waals surface area contributed by atoms with Crippen molar-refractivity contribution in [1.29, 1.82) is 0 Å². The van der Waals surface area contributed by atoms with Gasteiger partial charge in [0, 0.05) is 32.5 Å². The summed E-state index contributed by atoms with van der Waals surface area (Å²) in [5, 5.41) is 5.25. The molecule has 34 heavy (non-hydrogen) atoms. The largest absolute Gasteiger partial charge is 0.462 e. The van der Waals surface area contributed by atoms with Crippen molar-refractivity contribution in [2.45, 2.75) is 26.7 Å². The van der Waals surface area contributed by atoms with Gasteiger partial charge in [-0.15, -0.1) is 11.3 Å². The zero-order chi connectivity index (χ0) is 24.7. The monoisotopic (exact) mass is 489 g/mol. The Kier molecular flexibility index (Phi) is 8.52. The van der Waals surface area contributed by atoms with E-state index >= 15 is 0 Å². The Morgan fingerprint density at radius 3 is 2.44 bits per heavy atom. The minimum Gasteiger partial charge on any atom is -0.462 e. The number of nitrogens with zero attached hydrogens (tertiary/aromatic N) is 3. The van der Waals surface area contributed by atoms with E-state index in [1.807, 2.05) is 4.90 Å². The standard InChI is InChI=1S/C22H27N5O6S/c1-4-32-21(31)16-13(2)17(18(29)23-3)34-19(16)26-15(28)12-33-20(30)14-6-10-27(11-7-14)22-24-8-5-9-25-22/h5,8-9,14H,4,6-7,10-12H2,1-3H3,(H,23,29)(H,26,28). The minimum atomic E-state index is -0.646. The lowest BCUT2D eigenvalue weighted by Crippen LogP contribution is -2.38. The maximum absolute atomic E-state index is 12.5. The number of ether oxygens (including phenoxy) is 2. The van der Waals surface area contributed by atoms with Crippen molar-refractivity contribution in [1.82, 2.24) is 15.3 Å². The summed E-state index contributed by atoms with van der Waals surface area (Å²) in [6, 6.07) is 1.74. The number of carbonyl (C=O) groups excluding carboxylic acids is 4. The summed E-state index contributed by atoms with van der Waals surface area (Å²) in [4.78, 5) is 60.2. The predicted octanol–water partition coefficient (Wildman–Crippen LogP) is 1.78. The second-order valence-electron chi connectivity index (χ2n) is 7.53. The molecule has 2 aromatic rings. The normalized spacial score (nSPS) is 13.8. The van der Waals surface area contributed by atoms with Crippen LogP contribution in [0.3, 0.4) is 0 Å². The lowest BCUT2D eigenvalue weighted by Gasteiger charge is -2.30. The van der Waals surface area contributed by atoms with E-state index in [4.69, 9.17) is 9.47 Å². The van der Waals surface area contributed by atoms with Gasteiger partial charge in [-0.05, 0) is 38.3 Å². The molecule has 3 rings (SSSR count). The summed E-state index contributed by atoms with van der Waals surface area (Å²) in [6.07, 6.45) is 4.46. The van der Waals surface area contributed by atoms with E-state index < -0.39 is 24.5 Å². The summed E-state index contributed by atoms with van der Waals surface area (Å²) >= 11 is 0.959. The molecule has 0 aromatic carbocycles. The van der Waals surface area contributed by atoms with Gasteiger partial charge >= 0.3 is 11.9 Å². The maximum Gasteiger partial charge on any atom is 0.341 e. The van der Waals surface area contributed by atoms with Crippen LogP contribution >= 0.6 is 11.3 Å². The molecule has 0 bridgehead atoms. The number of hydrogen-bond donors (Lipinski definition) is 2. The highest BCUT2D eigenvalue weighted by molar-refractivity contribution is 7.18. The van der Waals surface area contributed by atoms with Crippen molar-refractivity contribution in [3.63, 3.8) is 0 Å². The molecule has 0 radical (unpaired) electrons. The number of nitrogens with one attached hydrogen (secondary N) is 2. The van der Waals surface area contributed by atoms with Gasteiger partial charge < -0.3 is 25.0 Å². The van der Waals surface area contributed by atoms with Crippen molar-refractivity contribution in [2.24, 2.45) is 5.92 Å². The topological polar surface area (TPSA) is 140 Å². The van der Waals surface area contributed by atoms with E-state index in [1.165, 1.54) is 7.05 Å². The minimum absolute atomic E-state index is 0.112. The van der Waals surface area contributed by atoms with Gasteiger partial charge in [0.2, 0.25) is 5.95 Å². The first-order chi connectivity index (χ1) is 16.3. The average Bonchev–Trinajstić information content (AvgIpc) is 3.18. The van der Waals surface area contributed by atoms with Crippen molar-refractivity contribution in [3.05, 3.63) is 34.5 Å². The summed E-state index contributed by atoms with van der Waals surface area (Å²) in [7, 11) is 1.47. The first-order valence-corrected chi connectivity index (χ1v) is 11.7. The molecule has 1 aliphatic heterocycles. The highest BCUT2D eigenvalue weighted by Gasteiger charge is 2.29. The molecule has 0 unspecified atom stereocenters. The van der Waals surface area contributed by atoms with E-state index in [0.29, 0.717) is 37.4 Å². The van der Waals surface area contributed by atoms with Gasteiger partial charge in [-0.1, -0.05) is 0 Å². The molecule has 0 saturated carbocycles. The molecule has 2 aromatic heterocycles. The molecule has 0 spiro atoms. The molecule has 1 aliphatic rings. The number of rotatable bonds is 8. The maximum atomic E-state index is 12.5. The van der Waals surface area contributed by atoms with Crippen molar-refractivity contribution in [2.75, 3.05) is 43.6 Å². The number of aromatic nitrogens is 2. The lowest BCUT2D eigenvalue weighted by atomic mass is 9.97. The van der Waals surface area contributed by atoms with Crippen LogP contribution in [0.5, 0.6) is 0 Å². The summed E-state index contributed by atoms with van der Waals surface area (Å²) in [5.41, 5.74) is 0.518. The van der Waals surface area contributed by atoms with E-state index in [-0.39, 0.29) is 33.9 Å². The molecule has 1 fully saturated rings. The molecule has 11 nitrogen and oxygen atoms in total. The smallest absolute Gasteiger partial charge is 0.341 e. The van der Waals surface area contributed by atoms with Crippen molar-refractivity contribution >= 4 is 46.0 Å². The van der Waals surface area contributed by atoms with Crippen LogP contribution in [-0.2, 0) is 19.1 Å². The highest BCUT2D eigenvalue weighted by atomic mass is 32.1. The van der Waals surface area contributed by atoms with Crippen LogP contribution in [0.1, 0.15) is 45.4 Å². The highest BCUT2D eigenvalue weighted by Crippen LogP contribution is 2.33. The van der Waals surface area contributed by atoms with E-state index in [0.717, 1.165) is 11.3 Å². The van der Waals surface area contributed by atoms with Gasteiger partial charge in [0.25, 0.3) is 11.8 Å². The van der Waals surface area contributed by atoms with Crippen molar-refractivity contribution in [3.8, 4) is 0 Å². The third-order valence-corrected chi connectivity index (χ3v) is 6.53. The first-order valence-electron chi connectivity index (χ1n) is 10.9. The van der Waals surface area contributed by atoms with Gasteiger partial charge in [0.05, 0.1) is 23.0 Å². The fourth-order valence-corrected chi connectivity index (χ4v) is 4.73. The molecular formula is C22H27N5O6S. The first kappa shape index (κ1) is 25.1. The van der Waals surface area contributed by atoms with Gasteiger partial charge in [-0.2, -0.15) is 0 Å². The number of anilines is 2. The molecule has 2 N–H and O–H groups in total. The van der Waals surface area contributed by atoms with E-state index in [9.17, 15) is 19.2 Å². The van der Waals surface area contributed by atoms with E-state index in [1.54, 1.807) is 32.3 Å². The zero-order valence-electron chi connectivity index (χ0n) is 19.3.